The van der Waals surface area contributed by atoms with Gasteiger partial charge in [0.25, 0.3) is 5.91 Å². The first-order valence-corrected chi connectivity index (χ1v) is 23.3. The Morgan fingerprint density at radius 2 is 1.77 bits per heavy atom. The van der Waals surface area contributed by atoms with Crippen molar-refractivity contribution in [3.05, 3.63) is 99.8 Å². The monoisotopic (exact) mass is 1010 g/mol. The Kier molecular flexibility index (Phi) is 16.6. The van der Waals surface area contributed by atoms with Gasteiger partial charge < -0.3 is 39.8 Å². The zero-order chi connectivity index (χ0) is 51.3. The maximum Gasteiger partial charge on any atom is 0.420 e. The lowest BCUT2D eigenvalue weighted by molar-refractivity contribution is -0.144. The molecule has 2 fully saturated rings. The van der Waals surface area contributed by atoms with E-state index < -0.39 is 81.6 Å². The van der Waals surface area contributed by atoms with Gasteiger partial charge in [0.1, 0.15) is 40.6 Å². The number of hydrogen-bond acceptors (Lipinski definition) is 13. The van der Waals surface area contributed by atoms with Crippen molar-refractivity contribution >= 4 is 57.9 Å². The summed E-state index contributed by atoms with van der Waals surface area (Å²) in [5, 5.41) is 25.4. The number of carbonyl (C=O) groups is 4. The van der Waals surface area contributed by atoms with E-state index in [4.69, 9.17) is 31.1 Å². The van der Waals surface area contributed by atoms with Crippen molar-refractivity contribution in [2.75, 3.05) is 49.4 Å². The standard InChI is InChI=1S/C48H53ClF4N8O8S/c1-27-40(70-26-57-27)30-11-9-29(10-12-30)22-55-42(64)36-20-33(62)24-59(36)44(65)41(46(3,4)5)58-37(63)25-68-18-17-67-15-8-16-69-43-34(49)19-32(23-56-43)61-28(2)60(45(66)47(61,6)7)35-14-13-31(21-54)38(39(35)50)48(51,52)53/h9-14,19,23,26,33,36,41,62H,2,8,15-18,20,22,24-25H2,1,3-7H3,(H,55,64)(H,58,63)/t33-,36+,41-/m1/s1. The van der Waals surface area contributed by atoms with Crippen LogP contribution in [0.15, 0.2) is 66.6 Å². The van der Waals surface area contributed by atoms with Crippen molar-refractivity contribution in [2.24, 2.45) is 5.41 Å². The number of halogens is 5. The second-order valence-electron chi connectivity index (χ2n) is 18.2. The molecule has 374 valence electrons. The molecular weight excluding hydrogens is 960 g/mol. The summed E-state index contributed by atoms with van der Waals surface area (Å²) < 4.78 is 73.5. The summed E-state index contributed by atoms with van der Waals surface area (Å²) in [5.41, 5.74) is -0.902. The molecular formula is C48H53ClF4N8O8S. The van der Waals surface area contributed by atoms with Crippen LogP contribution in [0.3, 0.4) is 0 Å². The number of aliphatic hydroxyl groups is 1. The molecule has 3 N–H and O–H groups in total. The van der Waals surface area contributed by atoms with Crippen LogP contribution < -0.4 is 25.2 Å². The lowest BCUT2D eigenvalue weighted by Crippen LogP contribution is -2.58. The van der Waals surface area contributed by atoms with E-state index >= 15 is 4.39 Å². The van der Waals surface area contributed by atoms with Crippen molar-refractivity contribution < 1.29 is 56.1 Å². The predicted molar refractivity (Wildman–Crippen MR) is 252 cm³/mol. The molecule has 2 aliphatic heterocycles. The maximum absolute atomic E-state index is 15.4. The van der Waals surface area contributed by atoms with Crippen molar-refractivity contribution in [1.29, 1.82) is 5.26 Å². The van der Waals surface area contributed by atoms with E-state index in [-0.39, 0.29) is 75.0 Å². The van der Waals surface area contributed by atoms with Gasteiger partial charge in [0.2, 0.25) is 23.6 Å². The zero-order valence-corrected chi connectivity index (χ0v) is 40.9. The van der Waals surface area contributed by atoms with Gasteiger partial charge >= 0.3 is 6.18 Å². The number of pyridine rings is 1. The van der Waals surface area contributed by atoms with Crippen LogP contribution in [0.1, 0.15) is 69.8 Å². The highest BCUT2D eigenvalue weighted by molar-refractivity contribution is 7.13. The quantitative estimate of drug-likeness (QED) is 0.0689. The van der Waals surface area contributed by atoms with Gasteiger partial charge in [-0.15, -0.1) is 11.3 Å². The van der Waals surface area contributed by atoms with Crippen molar-refractivity contribution in [3.63, 3.8) is 0 Å². The number of rotatable bonds is 18. The second-order valence-corrected chi connectivity index (χ2v) is 19.4. The molecule has 0 spiro atoms. The number of benzene rings is 2. The van der Waals surface area contributed by atoms with Gasteiger partial charge in [0.15, 0.2) is 5.82 Å². The van der Waals surface area contributed by atoms with E-state index in [0.717, 1.165) is 33.8 Å². The van der Waals surface area contributed by atoms with Crippen molar-refractivity contribution in [3.8, 4) is 22.4 Å². The average molecular weight is 1010 g/mol. The molecule has 3 atom stereocenters. The van der Waals surface area contributed by atoms with Gasteiger partial charge in [-0.25, -0.2) is 14.4 Å². The highest BCUT2D eigenvalue weighted by Crippen LogP contribution is 2.45. The first-order valence-electron chi connectivity index (χ1n) is 22.1. The summed E-state index contributed by atoms with van der Waals surface area (Å²) in [6.07, 6.45) is -4.39. The molecule has 0 unspecified atom stereocenters. The number of likely N-dealkylation sites (tertiary alicyclic amines) is 1. The highest BCUT2D eigenvalue weighted by Gasteiger charge is 2.51. The summed E-state index contributed by atoms with van der Waals surface area (Å²) >= 11 is 8.03. The zero-order valence-electron chi connectivity index (χ0n) is 39.3. The summed E-state index contributed by atoms with van der Waals surface area (Å²) in [4.78, 5) is 66.9. The molecule has 4 aromatic rings. The molecule has 6 rings (SSSR count). The third-order valence-corrected chi connectivity index (χ3v) is 12.9. The number of hydrogen-bond donors (Lipinski definition) is 3. The first kappa shape index (κ1) is 53.2. The average Bonchev–Trinajstić information content (AvgIpc) is 3.96. The lowest BCUT2D eigenvalue weighted by Gasteiger charge is -2.35. The Hall–Kier alpha value is -6.18. The first-order chi connectivity index (χ1) is 32.9. The normalized spacial score (nSPS) is 17.4. The number of β-amino-alcohol motifs (C(OH)–C–C–N with tert-alkyl or cyclic N) is 1. The van der Waals surface area contributed by atoms with E-state index in [1.807, 2.05) is 31.2 Å². The maximum atomic E-state index is 15.4. The fraction of sp³-hybridized carbons (Fsp3) is 0.438. The predicted octanol–water partition coefficient (Wildman–Crippen LogP) is 6.91. The van der Waals surface area contributed by atoms with E-state index in [1.165, 1.54) is 42.0 Å². The Morgan fingerprint density at radius 3 is 2.40 bits per heavy atom. The summed E-state index contributed by atoms with van der Waals surface area (Å²) in [6, 6.07) is 10.2. The lowest BCUT2D eigenvalue weighted by atomic mass is 9.85. The minimum atomic E-state index is -5.21. The van der Waals surface area contributed by atoms with Crippen LogP contribution in [0, 0.1) is 29.5 Å². The van der Waals surface area contributed by atoms with Gasteiger partial charge in [-0.05, 0) is 55.5 Å². The number of aliphatic hydroxyl groups excluding tert-OH is 1. The minimum absolute atomic E-state index is 0.0264. The van der Waals surface area contributed by atoms with Crippen LogP contribution in [-0.4, -0.2) is 107 Å². The minimum Gasteiger partial charge on any atom is -0.477 e. The van der Waals surface area contributed by atoms with Crippen LogP contribution in [0.25, 0.3) is 10.4 Å². The van der Waals surface area contributed by atoms with Crippen LogP contribution in [0.2, 0.25) is 5.02 Å². The molecule has 22 heteroatoms. The fourth-order valence-electron chi connectivity index (χ4n) is 8.08. The molecule has 0 bridgehead atoms. The molecule has 0 saturated carbocycles. The molecule has 2 aromatic carbocycles. The number of thiazole rings is 1. The van der Waals surface area contributed by atoms with Crippen LogP contribution in [0.4, 0.5) is 28.9 Å². The Labute approximate surface area is 411 Å². The molecule has 4 amide bonds. The molecule has 16 nitrogen and oxygen atoms in total. The summed E-state index contributed by atoms with van der Waals surface area (Å²) in [6.45, 7) is 14.4. The number of amides is 4. The van der Waals surface area contributed by atoms with Gasteiger partial charge in [0, 0.05) is 32.5 Å². The van der Waals surface area contributed by atoms with E-state index in [9.17, 15) is 37.5 Å². The van der Waals surface area contributed by atoms with Gasteiger partial charge in [-0.3, -0.25) is 24.1 Å². The SMILES string of the molecule is C=C1N(c2ccc(C#N)c(C(F)(F)F)c2F)C(=O)C(C)(C)N1c1cnc(OCCCOCCOCC(=O)N[C@H](C(=O)N2C[C@H](O)C[C@H]2C(=O)NCc2ccc(-c3scnc3C)cc2)C(C)(C)C)c(Cl)c1. The number of nitrogens with one attached hydrogen (secondary N) is 2. The molecule has 2 aliphatic rings. The molecule has 0 radical (unpaired) electrons. The number of anilines is 2. The second kappa shape index (κ2) is 21.9. The number of nitrogens with zero attached hydrogens (tertiary/aromatic N) is 6. The number of alkyl halides is 3. The van der Waals surface area contributed by atoms with Crippen molar-refractivity contribution in [1.82, 2.24) is 25.5 Å². The largest absolute Gasteiger partial charge is 0.477 e. The number of carbonyl (C=O) groups excluding carboxylic acids is 4. The number of nitriles is 1. The Bertz CT molecular complexity index is 2650. The van der Waals surface area contributed by atoms with Crippen LogP contribution in [-0.2, 0) is 41.4 Å². The molecule has 2 saturated heterocycles. The van der Waals surface area contributed by atoms with E-state index in [0.29, 0.717) is 11.3 Å². The topological polar surface area (TPSA) is 200 Å². The van der Waals surface area contributed by atoms with E-state index in [1.54, 1.807) is 37.6 Å². The molecule has 0 aliphatic carbocycles. The molecule has 70 heavy (non-hydrogen) atoms. The van der Waals surface area contributed by atoms with Gasteiger partial charge in [-0.2, -0.15) is 18.4 Å². The number of aromatic nitrogens is 2. The smallest absolute Gasteiger partial charge is 0.420 e. The highest BCUT2D eigenvalue weighted by atomic mass is 35.5. The number of aryl methyl sites for hydroxylation is 1. The Morgan fingerprint density at radius 1 is 1.07 bits per heavy atom. The van der Waals surface area contributed by atoms with Gasteiger partial charge in [-0.1, -0.05) is 63.2 Å². The van der Waals surface area contributed by atoms with Crippen LogP contribution in [0.5, 0.6) is 5.88 Å². The van der Waals surface area contributed by atoms with Gasteiger partial charge in [0.05, 0.1) is 71.2 Å². The molecule has 2 aromatic heterocycles. The van der Waals surface area contributed by atoms with E-state index in [2.05, 4.69) is 27.2 Å². The summed E-state index contributed by atoms with van der Waals surface area (Å²) in [5.74, 6) is -4.22. The fourth-order valence-corrected chi connectivity index (χ4v) is 9.11. The molecule has 4 heterocycles. The summed E-state index contributed by atoms with van der Waals surface area (Å²) in [7, 11) is 0. The Balaban J connectivity index is 0.923. The van der Waals surface area contributed by atoms with Crippen molar-refractivity contribution in [2.45, 2.75) is 90.8 Å². The van der Waals surface area contributed by atoms with Crippen LogP contribution >= 0.6 is 22.9 Å². The third-order valence-electron chi connectivity index (χ3n) is 11.6. The number of ether oxygens (including phenoxy) is 3. The third kappa shape index (κ3) is 11.9.